The molecule has 0 radical (unpaired) electrons. The molecule has 1 aromatic carbocycles. The topological polar surface area (TPSA) is 50.8 Å². The standard InChI is InChI=1S/C14H19N3O/c15-14(17-5-7-18-8-6-17)16-10-12-9-11-3-1-2-4-13(11)12/h1-4,12H,5-10H2,(H2,15,16). The third-order valence-corrected chi connectivity index (χ3v) is 3.77. The minimum atomic E-state index is 0.556. The highest BCUT2D eigenvalue weighted by Crippen LogP contribution is 2.34. The van der Waals surface area contributed by atoms with Gasteiger partial charge in [0.1, 0.15) is 0 Å². The molecule has 0 aromatic heterocycles. The molecular formula is C14H19N3O. The van der Waals surface area contributed by atoms with Crippen LogP contribution in [0, 0.1) is 0 Å². The first-order chi connectivity index (χ1) is 8.84. The van der Waals surface area contributed by atoms with Crippen molar-refractivity contribution in [2.45, 2.75) is 12.3 Å². The first-order valence-corrected chi connectivity index (χ1v) is 6.55. The zero-order valence-corrected chi connectivity index (χ0v) is 10.5. The summed E-state index contributed by atoms with van der Waals surface area (Å²) in [4.78, 5) is 6.64. The van der Waals surface area contributed by atoms with Gasteiger partial charge in [-0.3, -0.25) is 4.99 Å². The number of morpholine rings is 1. The normalized spacial score (nSPS) is 23.4. The fourth-order valence-electron chi connectivity index (χ4n) is 2.62. The predicted octanol–water partition coefficient (Wildman–Crippen LogP) is 0.973. The van der Waals surface area contributed by atoms with Crippen LogP contribution in [-0.2, 0) is 11.2 Å². The molecule has 4 heteroatoms. The SMILES string of the molecule is NC(=NCC1Cc2ccccc21)N1CCOCC1. The monoisotopic (exact) mass is 245 g/mol. The van der Waals surface area contributed by atoms with E-state index in [2.05, 4.69) is 34.2 Å². The molecule has 0 saturated carbocycles. The van der Waals surface area contributed by atoms with Crippen LogP contribution in [0.3, 0.4) is 0 Å². The summed E-state index contributed by atoms with van der Waals surface area (Å²) >= 11 is 0. The van der Waals surface area contributed by atoms with Gasteiger partial charge in [0.25, 0.3) is 0 Å². The van der Waals surface area contributed by atoms with E-state index in [0.717, 1.165) is 39.3 Å². The number of nitrogens with two attached hydrogens (primary N) is 1. The maximum absolute atomic E-state index is 6.02. The minimum Gasteiger partial charge on any atom is -0.378 e. The third-order valence-electron chi connectivity index (χ3n) is 3.77. The van der Waals surface area contributed by atoms with E-state index >= 15 is 0 Å². The van der Waals surface area contributed by atoms with Crippen LogP contribution in [-0.4, -0.2) is 43.7 Å². The summed E-state index contributed by atoms with van der Waals surface area (Å²) in [5, 5.41) is 0. The maximum Gasteiger partial charge on any atom is 0.191 e. The number of rotatable bonds is 2. The van der Waals surface area contributed by atoms with Crippen molar-refractivity contribution < 1.29 is 4.74 Å². The summed E-state index contributed by atoms with van der Waals surface area (Å²) in [5.41, 5.74) is 8.92. The number of benzene rings is 1. The summed E-state index contributed by atoms with van der Waals surface area (Å²) in [7, 11) is 0. The van der Waals surface area contributed by atoms with E-state index < -0.39 is 0 Å². The first kappa shape index (κ1) is 11.5. The molecule has 1 unspecified atom stereocenters. The Hall–Kier alpha value is -1.55. The fourth-order valence-corrected chi connectivity index (χ4v) is 2.62. The molecule has 1 aliphatic carbocycles. The van der Waals surface area contributed by atoms with Gasteiger partial charge in [0.05, 0.1) is 13.2 Å². The Bertz CT molecular complexity index is 452. The molecule has 1 fully saturated rings. The Morgan fingerprint density at radius 2 is 2.11 bits per heavy atom. The molecular weight excluding hydrogens is 226 g/mol. The lowest BCUT2D eigenvalue weighted by Gasteiger charge is -2.30. The number of aliphatic imine (C=N–C) groups is 1. The molecule has 1 saturated heterocycles. The third kappa shape index (κ3) is 2.20. The summed E-state index contributed by atoms with van der Waals surface area (Å²) in [6, 6.07) is 8.59. The Morgan fingerprint density at radius 1 is 1.33 bits per heavy atom. The van der Waals surface area contributed by atoms with E-state index in [1.54, 1.807) is 0 Å². The second kappa shape index (κ2) is 4.98. The van der Waals surface area contributed by atoms with Gasteiger partial charge < -0.3 is 15.4 Å². The molecule has 0 spiro atoms. The molecule has 0 amide bonds. The van der Waals surface area contributed by atoms with E-state index in [1.165, 1.54) is 11.1 Å². The summed E-state index contributed by atoms with van der Waals surface area (Å²) < 4.78 is 5.30. The molecule has 1 atom stereocenters. The van der Waals surface area contributed by atoms with Gasteiger partial charge in [0.2, 0.25) is 0 Å². The zero-order valence-electron chi connectivity index (χ0n) is 10.5. The van der Waals surface area contributed by atoms with Gasteiger partial charge in [-0.2, -0.15) is 0 Å². The lowest BCUT2D eigenvalue weighted by molar-refractivity contribution is 0.0674. The Kier molecular flexibility index (Phi) is 3.19. The van der Waals surface area contributed by atoms with Gasteiger partial charge >= 0.3 is 0 Å². The van der Waals surface area contributed by atoms with Crippen molar-refractivity contribution >= 4 is 5.96 Å². The average molecular weight is 245 g/mol. The van der Waals surface area contributed by atoms with Crippen molar-refractivity contribution in [3.63, 3.8) is 0 Å². The predicted molar refractivity (Wildman–Crippen MR) is 71.8 cm³/mol. The number of nitrogens with zero attached hydrogens (tertiary/aromatic N) is 2. The van der Waals surface area contributed by atoms with Gasteiger partial charge in [-0.15, -0.1) is 0 Å². The zero-order chi connectivity index (χ0) is 12.4. The van der Waals surface area contributed by atoms with E-state index in [9.17, 15) is 0 Å². The largest absolute Gasteiger partial charge is 0.378 e. The summed E-state index contributed by atoms with van der Waals surface area (Å²) in [6.07, 6.45) is 1.13. The van der Waals surface area contributed by atoms with Gasteiger partial charge in [0, 0.05) is 25.6 Å². The summed E-state index contributed by atoms with van der Waals surface area (Å²) in [6.45, 7) is 4.03. The van der Waals surface area contributed by atoms with Crippen molar-refractivity contribution in [1.82, 2.24) is 4.90 Å². The molecule has 4 nitrogen and oxygen atoms in total. The quantitative estimate of drug-likeness (QED) is 0.624. The minimum absolute atomic E-state index is 0.556. The first-order valence-electron chi connectivity index (χ1n) is 6.55. The Balaban J connectivity index is 1.58. The van der Waals surface area contributed by atoms with E-state index in [0.29, 0.717) is 11.9 Å². The maximum atomic E-state index is 6.02. The van der Waals surface area contributed by atoms with Crippen molar-refractivity contribution in [3.8, 4) is 0 Å². The van der Waals surface area contributed by atoms with Crippen LogP contribution in [0.2, 0.25) is 0 Å². The highest BCUT2D eigenvalue weighted by molar-refractivity contribution is 5.78. The van der Waals surface area contributed by atoms with Crippen molar-refractivity contribution in [1.29, 1.82) is 0 Å². The highest BCUT2D eigenvalue weighted by atomic mass is 16.5. The van der Waals surface area contributed by atoms with Crippen LogP contribution in [0.5, 0.6) is 0 Å². The second-order valence-corrected chi connectivity index (χ2v) is 4.90. The number of fused-ring (bicyclic) bond motifs is 1. The van der Waals surface area contributed by atoms with Gasteiger partial charge in [-0.25, -0.2) is 0 Å². The fraction of sp³-hybridized carbons (Fsp3) is 0.500. The van der Waals surface area contributed by atoms with E-state index in [-0.39, 0.29) is 0 Å². The van der Waals surface area contributed by atoms with E-state index in [1.807, 2.05) is 0 Å². The van der Waals surface area contributed by atoms with Gasteiger partial charge in [0.15, 0.2) is 5.96 Å². The van der Waals surface area contributed by atoms with Crippen LogP contribution in [0.25, 0.3) is 0 Å². The molecule has 2 aliphatic rings. The lowest BCUT2D eigenvalue weighted by Crippen LogP contribution is -2.45. The number of ether oxygens (including phenoxy) is 1. The van der Waals surface area contributed by atoms with Crippen LogP contribution in [0.15, 0.2) is 29.3 Å². The Labute approximate surface area is 107 Å². The number of hydrogen-bond acceptors (Lipinski definition) is 2. The van der Waals surface area contributed by atoms with Crippen molar-refractivity contribution in [2.75, 3.05) is 32.8 Å². The molecule has 96 valence electrons. The molecule has 0 bridgehead atoms. The Morgan fingerprint density at radius 3 is 2.89 bits per heavy atom. The van der Waals surface area contributed by atoms with Gasteiger partial charge in [-0.05, 0) is 17.5 Å². The molecule has 2 N–H and O–H groups in total. The summed E-state index contributed by atoms with van der Waals surface area (Å²) in [5.74, 6) is 1.23. The van der Waals surface area contributed by atoms with E-state index in [4.69, 9.17) is 10.5 Å². The molecule has 18 heavy (non-hydrogen) atoms. The smallest absolute Gasteiger partial charge is 0.191 e. The molecule has 3 rings (SSSR count). The molecule has 1 aromatic rings. The highest BCUT2D eigenvalue weighted by Gasteiger charge is 2.25. The van der Waals surface area contributed by atoms with Crippen molar-refractivity contribution in [2.24, 2.45) is 10.7 Å². The van der Waals surface area contributed by atoms with Crippen LogP contribution < -0.4 is 5.73 Å². The molecule has 1 aliphatic heterocycles. The van der Waals surface area contributed by atoms with Crippen molar-refractivity contribution in [3.05, 3.63) is 35.4 Å². The second-order valence-electron chi connectivity index (χ2n) is 4.90. The van der Waals surface area contributed by atoms with Crippen LogP contribution in [0.1, 0.15) is 17.0 Å². The van der Waals surface area contributed by atoms with Gasteiger partial charge in [-0.1, -0.05) is 24.3 Å². The van der Waals surface area contributed by atoms with Crippen LogP contribution >= 0.6 is 0 Å². The lowest BCUT2D eigenvalue weighted by atomic mass is 9.78. The average Bonchev–Trinajstić information content (AvgIpc) is 2.40. The molecule has 1 heterocycles. The number of hydrogen-bond donors (Lipinski definition) is 1. The number of guanidine groups is 1. The van der Waals surface area contributed by atoms with Crippen LogP contribution in [0.4, 0.5) is 0 Å².